The number of nitrogens with zero attached hydrogens (tertiary/aromatic N) is 1. The Morgan fingerprint density at radius 3 is 2.65 bits per heavy atom. The van der Waals surface area contributed by atoms with Gasteiger partial charge in [0.2, 0.25) is 0 Å². The summed E-state index contributed by atoms with van der Waals surface area (Å²) >= 11 is 1.47. The fourth-order valence-corrected chi connectivity index (χ4v) is 2.75. The molecule has 0 fully saturated rings. The van der Waals surface area contributed by atoms with Crippen molar-refractivity contribution in [1.29, 1.82) is 0 Å². The highest BCUT2D eigenvalue weighted by atomic mass is 32.1. The second-order valence-electron chi connectivity index (χ2n) is 3.85. The molecule has 2 N–H and O–H groups in total. The number of thiazole rings is 1. The Kier molecular flexibility index (Phi) is 3.89. The molecule has 1 aromatic heterocycles. The van der Waals surface area contributed by atoms with Gasteiger partial charge in [0.15, 0.2) is 0 Å². The first-order valence-electron chi connectivity index (χ1n) is 5.52. The van der Waals surface area contributed by atoms with E-state index in [0.717, 1.165) is 16.1 Å². The summed E-state index contributed by atoms with van der Waals surface area (Å²) in [6.45, 7) is 2.02. The molecule has 0 saturated heterocycles. The smallest absolute Gasteiger partial charge is 0.131 e. The summed E-state index contributed by atoms with van der Waals surface area (Å²) in [7, 11) is 0. The molecule has 0 radical (unpaired) electrons. The van der Waals surface area contributed by atoms with Crippen LogP contribution in [0, 0.1) is 6.92 Å². The summed E-state index contributed by atoms with van der Waals surface area (Å²) in [4.78, 5) is 5.40. The Labute approximate surface area is 104 Å². The molecule has 17 heavy (non-hydrogen) atoms. The molecule has 0 aliphatic heterocycles. The lowest BCUT2D eigenvalue weighted by Gasteiger charge is -2.06. The van der Waals surface area contributed by atoms with Gasteiger partial charge in [-0.05, 0) is 12.5 Å². The summed E-state index contributed by atoms with van der Waals surface area (Å²) < 4.78 is 0. The number of aromatic nitrogens is 1. The standard InChI is InChI=1S/C13H15NO2S/c1-9-11(7-8-15)17-13(14-9)12(16)10-5-3-2-4-6-10/h2-6,12,15-16H,7-8H2,1H3. The topological polar surface area (TPSA) is 53.4 Å². The van der Waals surface area contributed by atoms with E-state index in [4.69, 9.17) is 5.11 Å². The van der Waals surface area contributed by atoms with Gasteiger partial charge in [0.1, 0.15) is 11.1 Å². The average Bonchev–Trinajstić information content (AvgIpc) is 2.72. The van der Waals surface area contributed by atoms with Gasteiger partial charge in [-0.2, -0.15) is 0 Å². The SMILES string of the molecule is Cc1nc(C(O)c2ccccc2)sc1CCO. The lowest BCUT2D eigenvalue weighted by molar-refractivity contribution is 0.219. The fraction of sp³-hybridized carbons (Fsp3) is 0.308. The van der Waals surface area contributed by atoms with Crippen LogP contribution in [0.1, 0.15) is 27.2 Å². The normalized spacial score (nSPS) is 12.6. The van der Waals surface area contributed by atoms with Gasteiger partial charge in [0.25, 0.3) is 0 Å². The van der Waals surface area contributed by atoms with Crippen LogP contribution in [-0.2, 0) is 6.42 Å². The Morgan fingerprint density at radius 1 is 1.29 bits per heavy atom. The Hall–Kier alpha value is -1.23. The van der Waals surface area contributed by atoms with E-state index in [0.29, 0.717) is 11.4 Å². The van der Waals surface area contributed by atoms with E-state index in [2.05, 4.69) is 4.98 Å². The number of aliphatic hydroxyl groups is 2. The van der Waals surface area contributed by atoms with Crippen molar-refractivity contribution in [2.45, 2.75) is 19.4 Å². The Balaban J connectivity index is 2.25. The number of benzene rings is 1. The minimum absolute atomic E-state index is 0.115. The first kappa shape index (κ1) is 12.2. The van der Waals surface area contributed by atoms with Crippen LogP contribution in [0.4, 0.5) is 0 Å². The van der Waals surface area contributed by atoms with Gasteiger partial charge in [-0.3, -0.25) is 0 Å². The van der Waals surface area contributed by atoms with Gasteiger partial charge < -0.3 is 10.2 Å². The van der Waals surface area contributed by atoms with Crippen LogP contribution in [-0.4, -0.2) is 21.8 Å². The zero-order valence-electron chi connectivity index (χ0n) is 9.63. The van der Waals surface area contributed by atoms with Gasteiger partial charge in [-0.1, -0.05) is 30.3 Å². The first-order chi connectivity index (χ1) is 8.22. The second-order valence-corrected chi connectivity index (χ2v) is 4.96. The van der Waals surface area contributed by atoms with Crippen molar-refractivity contribution in [2.75, 3.05) is 6.61 Å². The molecule has 0 saturated carbocycles. The third kappa shape index (κ3) is 2.72. The number of aryl methyl sites for hydroxylation is 1. The molecule has 3 nitrogen and oxygen atoms in total. The Morgan fingerprint density at radius 2 is 2.00 bits per heavy atom. The molecule has 0 bridgehead atoms. The lowest BCUT2D eigenvalue weighted by Crippen LogP contribution is -1.98. The average molecular weight is 249 g/mol. The van der Waals surface area contributed by atoms with Gasteiger partial charge in [-0.25, -0.2) is 4.98 Å². The summed E-state index contributed by atoms with van der Waals surface area (Å²) in [6, 6.07) is 9.47. The molecule has 0 aliphatic carbocycles. The molecule has 1 atom stereocenters. The summed E-state index contributed by atoms with van der Waals surface area (Å²) in [5, 5.41) is 19.8. The number of rotatable bonds is 4. The predicted molar refractivity (Wildman–Crippen MR) is 68.1 cm³/mol. The molecule has 1 heterocycles. The fourth-order valence-electron chi connectivity index (χ4n) is 1.68. The van der Waals surface area contributed by atoms with E-state index < -0.39 is 6.10 Å². The molecule has 1 unspecified atom stereocenters. The first-order valence-corrected chi connectivity index (χ1v) is 6.34. The third-order valence-corrected chi connectivity index (χ3v) is 3.87. The zero-order valence-corrected chi connectivity index (χ0v) is 10.4. The van der Waals surface area contributed by atoms with Crippen LogP contribution in [0.2, 0.25) is 0 Å². The molecule has 2 rings (SSSR count). The summed E-state index contributed by atoms with van der Waals surface area (Å²) in [6.07, 6.45) is -0.0716. The summed E-state index contributed by atoms with van der Waals surface area (Å²) in [5.41, 5.74) is 1.74. The quantitative estimate of drug-likeness (QED) is 0.872. The molecule has 0 amide bonds. The van der Waals surface area contributed by atoms with E-state index in [1.165, 1.54) is 11.3 Å². The van der Waals surface area contributed by atoms with E-state index in [-0.39, 0.29) is 6.61 Å². The van der Waals surface area contributed by atoms with Crippen molar-refractivity contribution in [2.24, 2.45) is 0 Å². The van der Waals surface area contributed by atoms with Gasteiger partial charge in [0, 0.05) is 17.9 Å². The van der Waals surface area contributed by atoms with E-state index in [1.807, 2.05) is 37.3 Å². The van der Waals surface area contributed by atoms with Crippen molar-refractivity contribution in [3.8, 4) is 0 Å². The molecule has 1 aromatic carbocycles. The Bertz CT molecular complexity index is 481. The number of hydrogen-bond acceptors (Lipinski definition) is 4. The second kappa shape index (κ2) is 5.40. The molecule has 90 valence electrons. The van der Waals surface area contributed by atoms with Crippen molar-refractivity contribution < 1.29 is 10.2 Å². The molecular weight excluding hydrogens is 234 g/mol. The van der Waals surface area contributed by atoms with Crippen LogP contribution < -0.4 is 0 Å². The maximum atomic E-state index is 10.2. The predicted octanol–water partition coefficient (Wildman–Crippen LogP) is 2.07. The van der Waals surface area contributed by atoms with E-state index in [1.54, 1.807) is 0 Å². The molecule has 0 spiro atoms. The maximum Gasteiger partial charge on any atom is 0.131 e. The van der Waals surface area contributed by atoms with E-state index >= 15 is 0 Å². The zero-order chi connectivity index (χ0) is 12.3. The largest absolute Gasteiger partial charge is 0.396 e. The van der Waals surface area contributed by atoms with Crippen molar-refractivity contribution in [1.82, 2.24) is 4.98 Å². The molecule has 4 heteroatoms. The van der Waals surface area contributed by atoms with E-state index in [9.17, 15) is 5.11 Å². The highest BCUT2D eigenvalue weighted by Crippen LogP contribution is 2.28. The lowest BCUT2D eigenvalue weighted by atomic mass is 10.1. The van der Waals surface area contributed by atoms with Crippen LogP contribution in [0.15, 0.2) is 30.3 Å². The molecule has 2 aromatic rings. The van der Waals surface area contributed by atoms with Crippen LogP contribution in [0.5, 0.6) is 0 Å². The van der Waals surface area contributed by atoms with Crippen LogP contribution in [0.25, 0.3) is 0 Å². The number of hydrogen-bond donors (Lipinski definition) is 2. The van der Waals surface area contributed by atoms with Crippen molar-refractivity contribution >= 4 is 11.3 Å². The van der Waals surface area contributed by atoms with Crippen molar-refractivity contribution in [3.05, 3.63) is 51.5 Å². The monoisotopic (exact) mass is 249 g/mol. The molecule has 0 aliphatic rings. The van der Waals surface area contributed by atoms with Gasteiger partial charge >= 0.3 is 0 Å². The maximum absolute atomic E-state index is 10.2. The molecular formula is C13H15NO2S. The van der Waals surface area contributed by atoms with Crippen LogP contribution in [0.3, 0.4) is 0 Å². The van der Waals surface area contributed by atoms with Crippen molar-refractivity contribution in [3.63, 3.8) is 0 Å². The van der Waals surface area contributed by atoms with Gasteiger partial charge in [-0.15, -0.1) is 11.3 Å². The number of aliphatic hydroxyl groups excluding tert-OH is 2. The third-order valence-electron chi connectivity index (χ3n) is 2.60. The minimum atomic E-state index is -0.674. The summed E-state index contributed by atoms with van der Waals surface area (Å²) in [5.74, 6) is 0. The highest BCUT2D eigenvalue weighted by molar-refractivity contribution is 7.11. The highest BCUT2D eigenvalue weighted by Gasteiger charge is 2.16. The van der Waals surface area contributed by atoms with Gasteiger partial charge in [0.05, 0.1) is 5.69 Å². The van der Waals surface area contributed by atoms with Crippen LogP contribution >= 0.6 is 11.3 Å². The minimum Gasteiger partial charge on any atom is -0.396 e.